The Kier molecular flexibility index (Phi) is 4.83. The Balaban J connectivity index is 2.56. The summed E-state index contributed by atoms with van der Waals surface area (Å²) in [5, 5.41) is 0. The van der Waals surface area contributed by atoms with Crippen molar-refractivity contribution in [2.75, 3.05) is 7.05 Å². The van der Waals surface area contributed by atoms with E-state index in [2.05, 4.69) is 11.8 Å². The number of hydrogen-bond donors (Lipinski definition) is 1. The third kappa shape index (κ3) is 4.24. The number of benzene rings is 1. The van der Waals surface area contributed by atoms with E-state index in [0.717, 1.165) is 5.56 Å². The van der Waals surface area contributed by atoms with Crippen molar-refractivity contribution < 1.29 is 4.39 Å². The molecule has 0 heterocycles. The van der Waals surface area contributed by atoms with Gasteiger partial charge in [0.2, 0.25) is 0 Å². The number of halogens is 1. The third-order valence-corrected chi connectivity index (χ3v) is 2.74. The zero-order valence-electron chi connectivity index (χ0n) is 9.61. The van der Waals surface area contributed by atoms with Crippen molar-refractivity contribution >= 4 is 17.2 Å². The molecule has 0 fully saturated rings. The molecule has 0 amide bonds. The maximum Gasteiger partial charge on any atom is 0.123 e. The van der Waals surface area contributed by atoms with Crippen LogP contribution in [-0.2, 0) is 6.54 Å². The van der Waals surface area contributed by atoms with E-state index in [1.165, 1.54) is 6.07 Å². The van der Waals surface area contributed by atoms with Crippen molar-refractivity contribution in [3.63, 3.8) is 0 Å². The first-order valence-corrected chi connectivity index (χ1v) is 5.63. The second-order valence-corrected chi connectivity index (χ2v) is 4.59. The molecule has 0 saturated carbocycles. The Hall–Kier alpha value is -1.00. The molecule has 0 radical (unpaired) electrons. The quantitative estimate of drug-likeness (QED) is 0.801. The first-order valence-electron chi connectivity index (χ1n) is 5.22. The molecule has 0 aliphatic heterocycles. The summed E-state index contributed by atoms with van der Waals surface area (Å²) in [5.41, 5.74) is 6.45. The minimum absolute atomic E-state index is 0.201. The Labute approximate surface area is 101 Å². The Morgan fingerprint density at radius 3 is 2.81 bits per heavy atom. The maximum absolute atomic E-state index is 13.0. The summed E-state index contributed by atoms with van der Waals surface area (Å²) in [4.78, 5) is 2.62. The zero-order valence-corrected chi connectivity index (χ0v) is 10.4. The lowest BCUT2D eigenvalue weighted by atomic mass is 10.1. The minimum atomic E-state index is -0.201. The second-order valence-electron chi connectivity index (χ2n) is 4.06. The summed E-state index contributed by atoms with van der Waals surface area (Å²) in [6, 6.07) is 6.89. The van der Waals surface area contributed by atoms with Crippen LogP contribution in [0, 0.1) is 5.82 Å². The van der Waals surface area contributed by atoms with Gasteiger partial charge in [-0.05, 0) is 31.7 Å². The number of nitrogens with zero attached hydrogens (tertiary/aromatic N) is 1. The van der Waals surface area contributed by atoms with Crippen LogP contribution in [0.4, 0.5) is 4.39 Å². The topological polar surface area (TPSA) is 29.3 Å². The zero-order chi connectivity index (χ0) is 12.1. The van der Waals surface area contributed by atoms with Gasteiger partial charge in [0.1, 0.15) is 5.82 Å². The first-order chi connectivity index (χ1) is 7.49. The molecule has 88 valence electrons. The lowest BCUT2D eigenvalue weighted by molar-refractivity contribution is 0.255. The smallest absolute Gasteiger partial charge is 0.123 e. The van der Waals surface area contributed by atoms with Gasteiger partial charge in [-0.2, -0.15) is 0 Å². The van der Waals surface area contributed by atoms with E-state index in [1.54, 1.807) is 12.1 Å². The summed E-state index contributed by atoms with van der Waals surface area (Å²) in [6.07, 6.45) is 0.682. The molecule has 4 heteroatoms. The van der Waals surface area contributed by atoms with E-state index < -0.39 is 0 Å². The summed E-state index contributed by atoms with van der Waals surface area (Å²) in [7, 11) is 1.98. The molecule has 2 nitrogen and oxygen atoms in total. The highest BCUT2D eigenvalue weighted by atomic mass is 32.1. The van der Waals surface area contributed by atoms with Gasteiger partial charge < -0.3 is 5.73 Å². The Morgan fingerprint density at radius 2 is 2.25 bits per heavy atom. The SMILES string of the molecule is CC(CC(N)=S)N(C)Cc1cccc(F)c1. The van der Waals surface area contributed by atoms with Crippen LogP contribution in [0.15, 0.2) is 24.3 Å². The van der Waals surface area contributed by atoms with Gasteiger partial charge in [0.25, 0.3) is 0 Å². The predicted molar refractivity (Wildman–Crippen MR) is 68.7 cm³/mol. The van der Waals surface area contributed by atoms with E-state index in [9.17, 15) is 4.39 Å². The number of nitrogens with two attached hydrogens (primary N) is 1. The number of hydrogen-bond acceptors (Lipinski definition) is 2. The Bertz CT molecular complexity index is 368. The third-order valence-electron chi connectivity index (χ3n) is 2.57. The van der Waals surface area contributed by atoms with Crippen LogP contribution >= 0.6 is 12.2 Å². The summed E-state index contributed by atoms with van der Waals surface area (Å²) in [5.74, 6) is -0.201. The molecule has 0 spiro atoms. The number of rotatable bonds is 5. The molecule has 1 atom stereocenters. The van der Waals surface area contributed by atoms with Gasteiger partial charge in [-0.15, -0.1) is 0 Å². The lowest BCUT2D eigenvalue weighted by Crippen LogP contribution is -2.32. The molecule has 0 aliphatic carbocycles. The molecule has 16 heavy (non-hydrogen) atoms. The van der Waals surface area contributed by atoms with Crippen molar-refractivity contribution in [3.05, 3.63) is 35.6 Å². The van der Waals surface area contributed by atoms with Crippen LogP contribution in [0.25, 0.3) is 0 Å². The van der Waals surface area contributed by atoms with Crippen LogP contribution in [-0.4, -0.2) is 23.0 Å². The molecule has 1 rings (SSSR count). The maximum atomic E-state index is 13.0. The predicted octanol–water partition coefficient (Wildman–Crippen LogP) is 2.32. The fourth-order valence-corrected chi connectivity index (χ4v) is 1.77. The van der Waals surface area contributed by atoms with Gasteiger partial charge in [-0.3, -0.25) is 4.90 Å². The van der Waals surface area contributed by atoms with Gasteiger partial charge in [0.15, 0.2) is 0 Å². The monoisotopic (exact) mass is 240 g/mol. The van der Waals surface area contributed by atoms with Crippen LogP contribution in [0.5, 0.6) is 0 Å². The highest BCUT2D eigenvalue weighted by Crippen LogP contribution is 2.10. The lowest BCUT2D eigenvalue weighted by Gasteiger charge is -2.24. The van der Waals surface area contributed by atoms with Crippen molar-refractivity contribution in [3.8, 4) is 0 Å². The summed E-state index contributed by atoms with van der Waals surface area (Å²) < 4.78 is 13.0. The molecule has 2 N–H and O–H groups in total. The molecule has 1 aromatic rings. The van der Waals surface area contributed by atoms with Crippen molar-refractivity contribution in [2.24, 2.45) is 5.73 Å². The average Bonchev–Trinajstić information content (AvgIpc) is 2.16. The van der Waals surface area contributed by atoms with E-state index in [4.69, 9.17) is 18.0 Å². The fourth-order valence-electron chi connectivity index (χ4n) is 1.53. The minimum Gasteiger partial charge on any atom is -0.393 e. The van der Waals surface area contributed by atoms with Crippen molar-refractivity contribution in [1.29, 1.82) is 0 Å². The molecule has 0 saturated heterocycles. The van der Waals surface area contributed by atoms with Crippen molar-refractivity contribution in [1.82, 2.24) is 4.90 Å². The van der Waals surface area contributed by atoms with Crippen LogP contribution in [0.1, 0.15) is 18.9 Å². The van der Waals surface area contributed by atoms with E-state index >= 15 is 0 Å². The molecule has 0 bridgehead atoms. The highest BCUT2D eigenvalue weighted by Gasteiger charge is 2.10. The largest absolute Gasteiger partial charge is 0.393 e. The van der Waals surface area contributed by atoms with Crippen LogP contribution in [0.2, 0.25) is 0 Å². The first kappa shape index (κ1) is 13.1. The highest BCUT2D eigenvalue weighted by molar-refractivity contribution is 7.80. The van der Waals surface area contributed by atoms with Gasteiger partial charge in [-0.1, -0.05) is 24.4 Å². The van der Waals surface area contributed by atoms with Gasteiger partial charge in [0.05, 0.1) is 4.99 Å². The average molecular weight is 240 g/mol. The molecule has 1 unspecified atom stereocenters. The molecule has 1 aromatic carbocycles. The summed E-state index contributed by atoms with van der Waals surface area (Å²) in [6.45, 7) is 2.75. The van der Waals surface area contributed by atoms with E-state index in [-0.39, 0.29) is 11.9 Å². The van der Waals surface area contributed by atoms with Crippen molar-refractivity contribution in [2.45, 2.75) is 25.9 Å². The van der Waals surface area contributed by atoms with E-state index in [1.807, 2.05) is 13.1 Å². The van der Waals surface area contributed by atoms with Gasteiger partial charge in [0, 0.05) is 19.0 Å². The molecular formula is C12H17FN2S. The van der Waals surface area contributed by atoms with Crippen LogP contribution < -0.4 is 5.73 Å². The van der Waals surface area contributed by atoms with Crippen LogP contribution in [0.3, 0.4) is 0 Å². The fraction of sp³-hybridized carbons (Fsp3) is 0.417. The second kappa shape index (κ2) is 5.92. The molecule has 0 aliphatic rings. The normalized spacial score (nSPS) is 12.8. The summed E-state index contributed by atoms with van der Waals surface area (Å²) >= 11 is 4.87. The van der Waals surface area contributed by atoms with Gasteiger partial charge in [-0.25, -0.2) is 4.39 Å². The molecular weight excluding hydrogens is 223 g/mol. The number of thiocarbonyl (C=S) groups is 1. The molecule has 0 aromatic heterocycles. The van der Waals surface area contributed by atoms with E-state index in [0.29, 0.717) is 18.0 Å². The Morgan fingerprint density at radius 1 is 1.56 bits per heavy atom. The standard InChI is InChI=1S/C12H17FN2S/c1-9(6-12(14)16)15(2)8-10-4-3-5-11(13)7-10/h3-5,7,9H,6,8H2,1-2H3,(H2,14,16). The van der Waals surface area contributed by atoms with Gasteiger partial charge >= 0.3 is 0 Å².